The first kappa shape index (κ1) is 18.2. The topological polar surface area (TPSA) is 59.4 Å². The molecule has 2 aromatic rings. The first-order chi connectivity index (χ1) is 11.2. The van der Waals surface area contributed by atoms with Crippen molar-refractivity contribution in [3.05, 3.63) is 45.4 Å². The number of ketones is 1. The first-order valence-corrected chi connectivity index (χ1v) is 8.70. The van der Waals surface area contributed by atoms with Crippen LogP contribution in [0.4, 0.5) is 0 Å². The third kappa shape index (κ3) is 4.23. The van der Waals surface area contributed by atoms with Crippen LogP contribution in [0, 0.1) is 6.92 Å². The Labute approximate surface area is 146 Å². The van der Waals surface area contributed by atoms with Crippen molar-refractivity contribution in [3.8, 4) is 11.5 Å². The minimum atomic E-state index is -0.0684. The third-order valence-electron chi connectivity index (χ3n) is 3.37. The van der Waals surface area contributed by atoms with Gasteiger partial charge in [0.2, 0.25) is 0 Å². The fraction of sp³-hybridized carbons (Fsp3) is 0.368. The predicted molar refractivity (Wildman–Crippen MR) is 98.2 cm³/mol. The van der Waals surface area contributed by atoms with Gasteiger partial charge in [-0.1, -0.05) is 32.9 Å². The molecule has 1 N–H and O–H groups in total. The van der Waals surface area contributed by atoms with Gasteiger partial charge in [-0.3, -0.25) is 4.79 Å². The van der Waals surface area contributed by atoms with Crippen molar-refractivity contribution in [1.82, 2.24) is 4.98 Å². The molecular weight excluding hydrogens is 322 g/mol. The molecule has 0 saturated heterocycles. The second kappa shape index (κ2) is 7.18. The lowest BCUT2D eigenvalue weighted by Crippen LogP contribution is -2.10. The summed E-state index contributed by atoms with van der Waals surface area (Å²) in [5.74, 6) is 0.441. The van der Waals surface area contributed by atoms with Crippen molar-refractivity contribution >= 4 is 23.2 Å². The number of allylic oxidation sites excluding steroid dienone is 1. The molecule has 0 unspecified atom stereocenters. The molecule has 4 nitrogen and oxygen atoms in total. The van der Waals surface area contributed by atoms with E-state index in [-0.39, 0.29) is 16.9 Å². The normalized spacial score (nSPS) is 11.9. The van der Waals surface area contributed by atoms with Crippen LogP contribution in [0.15, 0.2) is 24.3 Å². The molecule has 1 heterocycles. The monoisotopic (exact) mass is 345 g/mol. The van der Waals surface area contributed by atoms with Crippen molar-refractivity contribution in [2.24, 2.45) is 0 Å². The standard InChI is InChI=1S/C19H23NO3S/c1-6-23-16-11-13(7-9-14(16)21)8-10-15(22)17-12(2)20-18(24-17)19(3,4)5/h7-11,21H,6H2,1-5H3/b10-8+. The summed E-state index contributed by atoms with van der Waals surface area (Å²) in [5.41, 5.74) is 1.49. The molecule has 0 aliphatic rings. The summed E-state index contributed by atoms with van der Waals surface area (Å²) in [6.07, 6.45) is 3.26. The van der Waals surface area contributed by atoms with Crippen molar-refractivity contribution in [2.75, 3.05) is 6.61 Å². The second-order valence-corrected chi connectivity index (χ2v) is 7.54. The number of carbonyl (C=O) groups is 1. The molecular formula is C19H23NO3S. The van der Waals surface area contributed by atoms with Crippen molar-refractivity contribution in [1.29, 1.82) is 0 Å². The van der Waals surface area contributed by atoms with E-state index >= 15 is 0 Å². The summed E-state index contributed by atoms with van der Waals surface area (Å²) in [4.78, 5) is 17.6. The number of rotatable bonds is 5. The Bertz CT molecular complexity index is 769. The number of aromatic hydroxyl groups is 1. The minimum Gasteiger partial charge on any atom is -0.504 e. The van der Waals surface area contributed by atoms with E-state index in [1.165, 1.54) is 17.4 Å². The summed E-state index contributed by atoms with van der Waals surface area (Å²) >= 11 is 1.45. The van der Waals surface area contributed by atoms with E-state index in [1.807, 2.05) is 13.8 Å². The van der Waals surface area contributed by atoms with Crippen molar-refractivity contribution in [2.45, 2.75) is 40.0 Å². The highest BCUT2D eigenvalue weighted by atomic mass is 32.1. The van der Waals surface area contributed by atoms with Crippen LogP contribution in [0.1, 0.15) is 53.6 Å². The number of hydrogen-bond acceptors (Lipinski definition) is 5. The van der Waals surface area contributed by atoms with Gasteiger partial charge in [-0.05, 0) is 37.6 Å². The Morgan fingerprint density at radius 1 is 1.38 bits per heavy atom. The van der Waals surface area contributed by atoms with E-state index < -0.39 is 0 Å². The lowest BCUT2D eigenvalue weighted by atomic mass is 9.98. The van der Waals surface area contributed by atoms with Crippen LogP contribution in [0.25, 0.3) is 6.08 Å². The van der Waals surface area contributed by atoms with Crippen molar-refractivity contribution < 1.29 is 14.6 Å². The number of hydrogen-bond donors (Lipinski definition) is 1. The molecule has 128 valence electrons. The van der Waals surface area contributed by atoms with Gasteiger partial charge < -0.3 is 9.84 Å². The fourth-order valence-electron chi connectivity index (χ4n) is 2.10. The van der Waals surface area contributed by atoms with Crippen LogP contribution in [-0.2, 0) is 5.41 Å². The third-order valence-corrected chi connectivity index (χ3v) is 4.97. The van der Waals surface area contributed by atoms with E-state index in [4.69, 9.17) is 4.74 Å². The molecule has 1 aromatic heterocycles. The highest BCUT2D eigenvalue weighted by molar-refractivity contribution is 7.14. The number of ether oxygens (including phenoxy) is 1. The molecule has 0 spiro atoms. The zero-order valence-corrected chi connectivity index (χ0v) is 15.5. The molecule has 24 heavy (non-hydrogen) atoms. The minimum absolute atomic E-state index is 0.0634. The summed E-state index contributed by atoms with van der Waals surface area (Å²) < 4.78 is 5.35. The van der Waals surface area contributed by atoms with E-state index in [0.717, 1.165) is 16.3 Å². The van der Waals surface area contributed by atoms with Gasteiger partial charge in [0.1, 0.15) is 0 Å². The average Bonchev–Trinajstić information content (AvgIpc) is 2.90. The van der Waals surface area contributed by atoms with Gasteiger partial charge in [0.25, 0.3) is 0 Å². The highest BCUT2D eigenvalue weighted by Crippen LogP contribution is 2.30. The number of thiazole rings is 1. The summed E-state index contributed by atoms with van der Waals surface area (Å²) in [6.45, 7) is 10.4. The van der Waals surface area contributed by atoms with E-state index in [2.05, 4.69) is 25.8 Å². The van der Waals surface area contributed by atoms with E-state index in [1.54, 1.807) is 24.3 Å². The molecule has 5 heteroatoms. The SMILES string of the molecule is CCOc1cc(/C=C/C(=O)c2sc(C(C)(C)C)nc2C)ccc1O. The number of nitrogens with zero attached hydrogens (tertiary/aromatic N) is 1. The van der Waals surface area contributed by atoms with Crippen molar-refractivity contribution in [3.63, 3.8) is 0 Å². The Morgan fingerprint density at radius 3 is 2.67 bits per heavy atom. The van der Waals surface area contributed by atoms with E-state index in [9.17, 15) is 9.90 Å². The maximum Gasteiger partial charge on any atom is 0.197 e. The predicted octanol–water partition coefficient (Wildman–Crippen LogP) is 4.75. The number of aromatic nitrogens is 1. The molecule has 0 saturated carbocycles. The van der Waals surface area contributed by atoms with Gasteiger partial charge in [0.15, 0.2) is 17.3 Å². The maximum atomic E-state index is 12.5. The largest absolute Gasteiger partial charge is 0.504 e. The van der Waals surface area contributed by atoms with Gasteiger partial charge in [-0.2, -0.15) is 0 Å². The summed E-state index contributed by atoms with van der Waals surface area (Å²) in [6, 6.07) is 5.01. The van der Waals surface area contributed by atoms with Crippen LogP contribution in [0.3, 0.4) is 0 Å². The zero-order chi connectivity index (χ0) is 17.9. The van der Waals surface area contributed by atoms with Crippen LogP contribution in [0.5, 0.6) is 11.5 Å². The highest BCUT2D eigenvalue weighted by Gasteiger charge is 2.22. The second-order valence-electron chi connectivity index (χ2n) is 6.54. The Kier molecular flexibility index (Phi) is 5.44. The molecule has 1 aromatic carbocycles. The number of carbonyl (C=O) groups excluding carboxylic acids is 1. The smallest absolute Gasteiger partial charge is 0.197 e. The average molecular weight is 345 g/mol. The zero-order valence-electron chi connectivity index (χ0n) is 14.7. The Balaban J connectivity index is 2.22. The lowest BCUT2D eigenvalue weighted by molar-refractivity contribution is 0.105. The maximum absolute atomic E-state index is 12.5. The molecule has 0 atom stereocenters. The summed E-state index contributed by atoms with van der Waals surface area (Å²) in [5, 5.41) is 10.7. The molecule has 0 aliphatic heterocycles. The van der Waals surface area contributed by atoms with Gasteiger partial charge >= 0.3 is 0 Å². The van der Waals surface area contributed by atoms with Crippen LogP contribution < -0.4 is 4.74 Å². The van der Waals surface area contributed by atoms with Gasteiger partial charge in [0, 0.05) is 5.41 Å². The molecule has 0 fully saturated rings. The van der Waals surface area contributed by atoms with Crippen LogP contribution >= 0.6 is 11.3 Å². The van der Waals surface area contributed by atoms with Crippen LogP contribution in [0.2, 0.25) is 0 Å². The quantitative estimate of drug-likeness (QED) is 0.627. The lowest BCUT2D eigenvalue weighted by Gasteiger charge is -2.13. The molecule has 0 aliphatic carbocycles. The number of phenols is 1. The molecule has 0 radical (unpaired) electrons. The summed E-state index contributed by atoms with van der Waals surface area (Å²) in [7, 11) is 0. The van der Waals surface area contributed by atoms with Crippen LogP contribution in [-0.4, -0.2) is 22.5 Å². The van der Waals surface area contributed by atoms with Gasteiger partial charge in [-0.15, -0.1) is 11.3 Å². The first-order valence-electron chi connectivity index (χ1n) is 7.88. The fourth-order valence-corrected chi connectivity index (χ4v) is 3.14. The van der Waals surface area contributed by atoms with Gasteiger partial charge in [0.05, 0.1) is 22.2 Å². The number of aryl methyl sites for hydroxylation is 1. The Hall–Kier alpha value is -2.14. The number of benzene rings is 1. The molecule has 0 amide bonds. The molecule has 2 rings (SSSR count). The number of phenolic OH excluding ortho intramolecular Hbond substituents is 1. The van der Waals surface area contributed by atoms with Gasteiger partial charge in [-0.25, -0.2) is 4.98 Å². The molecule has 0 bridgehead atoms. The Morgan fingerprint density at radius 2 is 2.08 bits per heavy atom. The van der Waals surface area contributed by atoms with E-state index in [0.29, 0.717) is 17.2 Å².